The summed E-state index contributed by atoms with van der Waals surface area (Å²) in [6.07, 6.45) is 9.10. The molecule has 4 rings (SSSR count). The number of allylic oxidation sites excluding steroid dienone is 2. The van der Waals surface area contributed by atoms with Gasteiger partial charge in [-0.05, 0) is 37.5 Å². The highest BCUT2D eigenvalue weighted by molar-refractivity contribution is 6.06. The molecular weight excluding hydrogens is 240 g/mol. The van der Waals surface area contributed by atoms with E-state index in [1.54, 1.807) is 4.90 Å². The minimum Gasteiger partial charge on any atom is -0.317 e. The van der Waals surface area contributed by atoms with Gasteiger partial charge in [0.05, 0.1) is 24.9 Å². The van der Waals surface area contributed by atoms with Gasteiger partial charge in [0.1, 0.15) is 0 Å². The Bertz CT molecular complexity index is 423. The van der Waals surface area contributed by atoms with Crippen LogP contribution in [0.25, 0.3) is 0 Å². The van der Waals surface area contributed by atoms with E-state index in [0.29, 0.717) is 18.5 Å². The lowest BCUT2D eigenvalue weighted by Crippen LogP contribution is -3.14. The number of piperidine rings is 1. The molecule has 2 aliphatic carbocycles. The van der Waals surface area contributed by atoms with E-state index in [9.17, 15) is 9.59 Å². The molecule has 2 amide bonds. The van der Waals surface area contributed by atoms with Crippen LogP contribution in [0.5, 0.6) is 0 Å². The second kappa shape index (κ2) is 4.17. The van der Waals surface area contributed by atoms with Crippen molar-refractivity contribution < 1.29 is 14.5 Å². The molecule has 19 heavy (non-hydrogen) atoms. The molecule has 4 atom stereocenters. The molecule has 4 aliphatic rings. The Morgan fingerprint density at radius 2 is 1.58 bits per heavy atom. The Hall–Kier alpha value is -1.16. The van der Waals surface area contributed by atoms with Crippen molar-refractivity contribution >= 4 is 11.8 Å². The van der Waals surface area contributed by atoms with Gasteiger partial charge in [0.25, 0.3) is 0 Å². The van der Waals surface area contributed by atoms with Crippen molar-refractivity contribution in [3.8, 4) is 0 Å². The fourth-order valence-electron chi connectivity index (χ4n) is 4.55. The Morgan fingerprint density at radius 3 is 2.16 bits per heavy atom. The summed E-state index contributed by atoms with van der Waals surface area (Å²) < 4.78 is 0. The van der Waals surface area contributed by atoms with E-state index >= 15 is 0 Å². The summed E-state index contributed by atoms with van der Waals surface area (Å²) >= 11 is 0. The topological polar surface area (TPSA) is 41.8 Å². The van der Waals surface area contributed by atoms with Gasteiger partial charge in [-0.2, -0.15) is 0 Å². The first-order valence-corrected chi connectivity index (χ1v) is 7.63. The predicted octanol–water partition coefficient (Wildman–Crippen LogP) is -0.180. The summed E-state index contributed by atoms with van der Waals surface area (Å²) in [4.78, 5) is 28.0. The van der Waals surface area contributed by atoms with Crippen LogP contribution in [-0.2, 0) is 9.59 Å². The molecule has 2 saturated heterocycles. The third-order valence-electron chi connectivity index (χ3n) is 5.50. The van der Waals surface area contributed by atoms with Gasteiger partial charge in [0.2, 0.25) is 11.8 Å². The summed E-state index contributed by atoms with van der Waals surface area (Å²) in [5.41, 5.74) is 0. The first-order chi connectivity index (χ1) is 9.25. The first kappa shape index (κ1) is 11.6. The van der Waals surface area contributed by atoms with E-state index in [4.69, 9.17) is 0 Å². The second-order valence-electron chi connectivity index (χ2n) is 6.57. The van der Waals surface area contributed by atoms with Gasteiger partial charge in [-0.25, -0.2) is 4.90 Å². The predicted molar refractivity (Wildman–Crippen MR) is 69.0 cm³/mol. The zero-order valence-electron chi connectivity index (χ0n) is 11.2. The maximum Gasteiger partial charge on any atom is 0.238 e. The number of nitrogens with one attached hydrogen (secondary N) is 1. The minimum atomic E-state index is -0.0216. The monoisotopic (exact) mass is 261 g/mol. The van der Waals surface area contributed by atoms with E-state index in [-0.39, 0.29) is 23.7 Å². The molecule has 4 nitrogen and oxygen atoms in total. The second-order valence-corrected chi connectivity index (χ2v) is 6.57. The average Bonchev–Trinajstić information content (AvgIpc) is 3.10. The van der Waals surface area contributed by atoms with Gasteiger partial charge in [0, 0.05) is 0 Å². The molecular formula is C15H21N2O2+. The molecule has 4 heteroatoms. The molecule has 1 saturated carbocycles. The van der Waals surface area contributed by atoms with Crippen LogP contribution in [0, 0.1) is 23.7 Å². The van der Waals surface area contributed by atoms with Crippen LogP contribution >= 0.6 is 0 Å². The van der Waals surface area contributed by atoms with Crippen molar-refractivity contribution in [2.45, 2.75) is 25.7 Å². The van der Waals surface area contributed by atoms with Crippen molar-refractivity contribution in [1.29, 1.82) is 0 Å². The molecule has 0 aromatic heterocycles. The average molecular weight is 261 g/mol. The van der Waals surface area contributed by atoms with E-state index in [1.165, 1.54) is 24.2 Å². The van der Waals surface area contributed by atoms with Crippen LogP contribution in [-0.4, -0.2) is 36.5 Å². The van der Waals surface area contributed by atoms with Crippen molar-refractivity contribution in [1.82, 2.24) is 4.90 Å². The van der Waals surface area contributed by atoms with Gasteiger partial charge in [-0.3, -0.25) is 9.59 Å². The molecule has 0 spiro atoms. The molecule has 0 aromatic rings. The summed E-state index contributed by atoms with van der Waals surface area (Å²) in [6.45, 7) is 2.83. The normalized spacial score (nSPS) is 41.4. The van der Waals surface area contributed by atoms with E-state index < -0.39 is 0 Å². The van der Waals surface area contributed by atoms with Gasteiger partial charge < -0.3 is 4.90 Å². The number of fused-ring (bicyclic) bond motifs is 5. The van der Waals surface area contributed by atoms with Crippen LogP contribution < -0.4 is 4.90 Å². The fraction of sp³-hybridized carbons (Fsp3) is 0.733. The highest BCUT2D eigenvalue weighted by atomic mass is 16.2. The van der Waals surface area contributed by atoms with E-state index in [2.05, 4.69) is 12.2 Å². The number of amides is 2. The number of hydrogen-bond donors (Lipinski definition) is 1. The van der Waals surface area contributed by atoms with Crippen molar-refractivity contribution in [2.75, 3.05) is 19.8 Å². The molecule has 2 heterocycles. The molecule has 1 N–H and O–H groups in total. The molecule has 0 radical (unpaired) electrons. The van der Waals surface area contributed by atoms with E-state index in [1.807, 2.05) is 0 Å². The van der Waals surface area contributed by atoms with Gasteiger partial charge in [-0.15, -0.1) is 0 Å². The minimum absolute atomic E-state index is 0.0216. The molecule has 0 aromatic carbocycles. The van der Waals surface area contributed by atoms with Crippen molar-refractivity contribution in [2.24, 2.45) is 23.7 Å². The van der Waals surface area contributed by atoms with Crippen LogP contribution in [0.3, 0.4) is 0 Å². The summed E-state index contributed by atoms with van der Waals surface area (Å²) in [7, 11) is 0. The maximum atomic E-state index is 12.5. The van der Waals surface area contributed by atoms with Crippen molar-refractivity contribution in [3.05, 3.63) is 12.2 Å². The van der Waals surface area contributed by atoms with Gasteiger partial charge in [-0.1, -0.05) is 12.2 Å². The smallest absolute Gasteiger partial charge is 0.238 e. The first-order valence-electron chi connectivity index (χ1n) is 7.63. The number of nitrogens with zero attached hydrogens (tertiary/aromatic N) is 1. The fourth-order valence-corrected chi connectivity index (χ4v) is 4.55. The van der Waals surface area contributed by atoms with E-state index in [0.717, 1.165) is 19.5 Å². The zero-order valence-corrected chi connectivity index (χ0v) is 11.2. The van der Waals surface area contributed by atoms with Crippen LogP contribution in [0.4, 0.5) is 0 Å². The highest BCUT2D eigenvalue weighted by Crippen LogP contribution is 2.52. The Balaban J connectivity index is 1.52. The number of likely N-dealkylation sites (tertiary alicyclic amines) is 2. The Morgan fingerprint density at radius 1 is 1.00 bits per heavy atom. The SMILES string of the molecule is O=C1[C@@H]2[C@H](C(=O)N1C[NH+]1CCCCC1)[C@H]1C=C[C@@H]2C1. The number of carbonyl (C=O) groups excluding carboxylic acids is 2. The summed E-state index contributed by atoms with van der Waals surface area (Å²) in [5, 5.41) is 0. The number of hydrogen-bond acceptors (Lipinski definition) is 2. The van der Waals surface area contributed by atoms with Gasteiger partial charge in [0.15, 0.2) is 6.67 Å². The van der Waals surface area contributed by atoms with Crippen LogP contribution in [0.1, 0.15) is 25.7 Å². The number of rotatable bonds is 2. The standard InChI is InChI=1S/C15H20N2O2/c18-14-12-10-4-5-11(8-10)13(12)15(19)17(14)9-16-6-2-1-3-7-16/h4-5,10-13H,1-3,6-9H2/p+1/t10-,11+,12+,13-. The number of imide groups is 1. The molecule has 3 fully saturated rings. The molecule has 2 bridgehead atoms. The summed E-state index contributed by atoms with van der Waals surface area (Å²) in [5.74, 6) is 0.869. The Labute approximate surface area is 113 Å². The Kier molecular flexibility index (Phi) is 2.56. The van der Waals surface area contributed by atoms with Gasteiger partial charge >= 0.3 is 0 Å². The quantitative estimate of drug-likeness (QED) is 0.553. The third-order valence-corrected chi connectivity index (χ3v) is 5.50. The van der Waals surface area contributed by atoms with Crippen LogP contribution in [0.15, 0.2) is 12.2 Å². The highest BCUT2D eigenvalue weighted by Gasteiger charge is 2.59. The largest absolute Gasteiger partial charge is 0.317 e. The lowest BCUT2D eigenvalue weighted by Gasteiger charge is -2.27. The summed E-state index contributed by atoms with van der Waals surface area (Å²) in [6, 6.07) is 0. The maximum absolute atomic E-state index is 12.5. The van der Waals surface area contributed by atoms with Crippen LogP contribution in [0.2, 0.25) is 0 Å². The molecule has 0 unspecified atom stereocenters. The third kappa shape index (κ3) is 1.62. The zero-order chi connectivity index (χ0) is 13.0. The number of quaternary nitrogens is 1. The lowest BCUT2D eigenvalue weighted by atomic mass is 9.85. The number of carbonyl (C=O) groups is 2. The lowest BCUT2D eigenvalue weighted by molar-refractivity contribution is -0.912. The molecule has 2 aliphatic heterocycles. The van der Waals surface area contributed by atoms with Crippen molar-refractivity contribution in [3.63, 3.8) is 0 Å². The molecule has 102 valence electrons.